The Hall–Kier alpha value is -2.50. The number of piperidine rings is 1. The number of carbonyl (C=O) groups is 1. The predicted molar refractivity (Wildman–Crippen MR) is 97.4 cm³/mol. The van der Waals surface area contributed by atoms with Crippen LogP contribution in [0.5, 0.6) is 0 Å². The molecule has 3 rings (SSSR count). The van der Waals surface area contributed by atoms with Crippen molar-refractivity contribution in [1.82, 2.24) is 20.1 Å². The highest BCUT2D eigenvalue weighted by atomic mass is 16.2. The zero-order valence-corrected chi connectivity index (χ0v) is 14.9. The Morgan fingerprint density at radius 1 is 1.24 bits per heavy atom. The van der Waals surface area contributed by atoms with Gasteiger partial charge in [0.1, 0.15) is 5.82 Å². The van der Waals surface area contributed by atoms with E-state index in [9.17, 15) is 4.79 Å². The monoisotopic (exact) mass is 339 g/mol. The number of pyridine rings is 1. The van der Waals surface area contributed by atoms with Crippen molar-refractivity contribution < 1.29 is 4.79 Å². The van der Waals surface area contributed by atoms with Gasteiger partial charge in [0.25, 0.3) is 0 Å². The Bertz CT molecular complexity index is 687. The van der Waals surface area contributed by atoms with Crippen molar-refractivity contribution in [1.29, 1.82) is 0 Å². The number of nitrogens with zero attached hydrogens (tertiary/aromatic N) is 4. The number of hydrogen-bond acceptors (Lipinski definition) is 5. The van der Waals surface area contributed by atoms with Gasteiger partial charge >= 0.3 is 0 Å². The minimum atomic E-state index is 0.0653. The Labute approximate surface area is 148 Å². The van der Waals surface area contributed by atoms with Crippen LogP contribution in [-0.2, 0) is 11.2 Å². The Balaban J connectivity index is 1.57. The van der Waals surface area contributed by atoms with Crippen molar-refractivity contribution in [3.05, 3.63) is 42.2 Å². The van der Waals surface area contributed by atoms with Crippen LogP contribution < -0.4 is 5.32 Å². The molecule has 0 aliphatic carbocycles. The molecule has 1 aliphatic rings. The van der Waals surface area contributed by atoms with Crippen molar-refractivity contribution in [3.63, 3.8) is 0 Å². The lowest BCUT2D eigenvalue weighted by Gasteiger charge is -2.33. The van der Waals surface area contributed by atoms with Crippen LogP contribution in [0.1, 0.15) is 32.4 Å². The molecule has 132 valence electrons. The second-order valence-corrected chi connectivity index (χ2v) is 6.90. The Kier molecular flexibility index (Phi) is 5.58. The van der Waals surface area contributed by atoms with Gasteiger partial charge in [0.2, 0.25) is 5.91 Å². The second-order valence-electron chi connectivity index (χ2n) is 6.90. The summed E-state index contributed by atoms with van der Waals surface area (Å²) in [5, 5.41) is 11.7. The molecule has 0 aromatic carbocycles. The fourth-order valence-electron chi connectivity index (χ4n) is 3.20. The van der Waals surface area contributed by atoms with Crippen LogP contribution in [0.4, 0.5) is 11.6 Å². The zero-order chi connectivity index (χ0) is 17.6. The molecule has 0 saturated carbocycles. The SMILES string of the molecule is CC(C)C(=O)N1CCCC(Cc2ccc(Nc3ccccn3)nn2)C1. The highest BCUT2D eigenvalue weighted by molar-refractivity contribution is 5.78. The maximum absolute atomic E-state index is 12.2. The van der Waals surface area contributed by atoms with Gasteiger partial charge in [0.05, 0.1) is 5.69 Å². The average Bonchev–Trinajstić information content (AvgIpc) is 2.64. The van der Waals surface area contributed by atoms with Gasteiger partial charge in [0, 0.05) is 25.2 Å². The minimum absolute atomic E-state index is 0.0653. The standard InChI is InChI=1S/C19H25N5O/c1-14(2)19(25)24-11-5-6-15(13-24)12-16-8-9-18(23-22-16)21-17-7-3-4-10-20-17/h3-4,7-10,14-15H,5-6,11-13H2,1-2H3,(H,20,21,23). The maximum atomic E-state index is 12.2. The molecule has 1 amide bonds. The quantitative estimate of drug-likeness (QED) is 0.906. The molecule has 0 spiro atoms. The highest BCUT2D eigenvalue weighted by Crippen LogP contribution is 2.22. The van der Waals surface area contributed by atoms with E-state index in [0.29, 0.717) is 11.7 Å². The summed E-state index contributed by atoms with van der Waals surface area (Å²) in [5.74, 6) is 2.21. The van der Waals surface area contributed by atoms with E-state index in [2.05, 4.69) is 20.5 Å². The smallest absolute Gasteiger partial charge is 0.225 e. The van der Waals surface area contributed by atoms with E-state index >= 15 is 0 Å². The molecule has 25 heavy (non-hydrogen) atoms. The normalized spacial score (nSPS) is 17.6. The molecular formula is C19H25N5O. The lowest BCUT2D eigenvalue weighted by molar-refractivity contribution is -0.136. The van der Waals surface area contributed by atoms with Gasteiger partial charge in [-0.15, -0.1) is 5.10 Å². The summed E-state index contributed by atoms with van der Waals surface area (Å²) in [4.78, 5) is 18.4. The van der Waals surface area contributed by atoms with Crippen LogP contribution >= 0.6 is 0 Å². The van der Waals surface area contributed by atoms with Gasteiger partial charge < -0.3 is 10.2 Å². The van der Waals surface area contributed by atoms with Crippen LogP contribution in [0.15, 0.2) is 36.5 Å². The second kappa shape index (κ2) is 8.05. The molecule has 1 atom stereocenters. The summed E-state index contributed by atoms with van der Waals surface area (Å²) >= 11 is 0. The first-order valence-corrected chi connectivity index (χ1v) is 8.91. The number of amides is 1. The maximum Gasteiger partial charge on any atom is 0.225 e. The topological polar surface area (TPSA) is 71.0 Å². The van der Waals surface area contributed by atoms with Crippen molar-refractivity contribution in [2.45, 2.75) is 33.1 Å². The third-order valence-electron chi connectivity index (χ3n) is 4.46. The summed E-state index contributed by atoms with van der Waals surface area (Å²) < 4.78 is 0. The van der Waals surface area contributed by atoms with Crippen LogP contribution in [0, 0.1) is 11.8 Å². The minimum Gasteiger partial charge on any atom is -0.342 e. The van der Waals surface area contributed by atoms with Gasteiger partial charge in [-0.3, -0.25) is 4.79 Å². The lowest BCUT2D eigenvalue weighted by atomic mass is 9.92. The van der Waals surface area contributed by atoms with Crippen molar-refractivity contribution in [2.75, 3.05) is 18.4 Å². The molecule has 1 unspecified atom stereocenters. The molecule has 1 aliphatic heterocycles. The number of rotatable bonds is 5. The van der Waals surface area contributed by atoms with E-state index in [1.165, 1.54) is 0 Å². The van der Waals surface area contributed by atoms with Gasteiger partial charge in [-0.1, -0.05) is 19.9 Å². The molecule has 1 N–H and O–H groups in total. The number of anilines is 2. The largest absolute Gasteiger partial charge is 0.342 e. The third-order valence-corrected chi connectivity index (χ3v) is 4.46. The average molecular weight is 339 g/mol. The van der Waals surface area contributed by atoms with Crippen molar-refractivity contribution >= 4 is 17.5 Å². The Morgan fingerprint density at radius 3 is 2.80 bits per heavy atom. The van der Waals surface area contributed by atoms with Gasteiger partial charge in [-0.05, 0) is 49.4 Å². The number of nitrogens with one attached hydrogen (secondary N) is 1. The molecule has 2 aromatic rings. The van der Waals surface area contributed by atoms with Crippen LogP contribution in [-0.4, -0.2) is 39.1 Å². The lowest BCUT2D eigenvalue weighted by Crippen LogP contribution is -2.42. The summed E-state index contributed by atoms with van der Waals surface area (Å²) in [6, 6.07) is 9.61. The summed E-state index contributed by atoms with van der Waals surface area (Å²) in [5.41, 5.74) is 0.968. The van der Waals surface area contributed by atoms with E-state index < -0.39 is 0 Å². The summed E-state index contributed by atoms with van der Waals surface area (Å²) in [6.07, 6.45) is 4.80. The van der Waals surface area contributed by atoms with E-state index in [4.69, 9.17) is 0 Å². The van der Waals surface area contributed by atoms with E-state index in [1.807, 2.05) is 49.1 Å². The number of carbonyl (C=O) groups excluding carboxylic acids is 1. The van der Waals surface area contributed by atoms with E-state index in [0.717, 1.165) is 43.9 Å². The molecule has 1 fully saturated rings. The van der Waals surface area contributed by atoms with Crippen LogP contribution in [0.25, 0.3) is 0 Å². The molecule has 1 saturated heterocycles. The highest BCUT2D eigenvalue weighted by Gasteiger charge is 2.25. The molecule has 6 heteroatoms. The van der Waals surface area contributed by atoms with Gasteiger partial charge in [0.15, 0.2) is 5.82 Å². The fraction of sp³-hybridized carbons (Fsp3) is 0.474. The molecular weight excluding hydrogens is 314 g/mol. The molecule has 6 nitrogen and oxygen atoms in total. The number of likely N-dealkylation sites (tertiary alicyclic amines) is 1. The van der Waals surface area contributed by atoms with Gasteiger partial charge in [-0.2, -0.15) is 5.10 Å². The molecule has 0 bridgehead atoms. The van der Waals surface area contributed by atoms with Crippen LogP contribution in [0.2, 0.25) is 0 Å². The summed E-state index contributed by atoms with van der Waals surface area (Å²) in [7, 11) is 0. The first-order chi connectivity index (χ1) is 12.1. The molecule has 2 aromatic heterocycles. The summed E-state index contributed by atoms with van der Waals surface area (Å²) in [6.45, 7) is 5.63. The number of aromatic nitrogens is 3. The Morgan fingerprint density at radius 2 is 2.12 bits per heavy atom. The van der Waals surface area contributed by atoms with E-state index in [-0.39, 0.29) is 11.8 Å². The number of hydrogen-bond donors (Lipinski definition) is 1. The molecule has 3 heterocycles. The van der Waals surface area contributed by atoms with Crippen molar-refractivity contribution in [2.24, 2.45) is 11.8 Å². The predicted octanol–water partition coefficient (Wildman–Crippen LogP) is 3.05. The van der Waals surface area contributed by atoms with E-state index in [1.54, 1.807) is 6.20 Å². The third kappa shape index (κ3) is 4.75. The molecule has 0 radical (unpaired) electrons. The zero-order valence-electron chi connectivity index (χ0n) is 14.9. The first kappa shape index (κ1) is 17.3. The first-order valence-electron chi connectivity index (χ1n) is 8.91. The van der Waals surface area contributed by atoms with Crippen molar-refractivity contribution in [3.8, 4) is 0 Å². The van der Waals surface area contributed by atoms with Crippen LogP contribution in [0.3, 0.4) is 0 Å². The van der Waals surface area contributed by atoms with Gasteiger partial charge in [-0.25, -0.2) is 4.98 Å². The fourth-order valence-corrected chi connectivity index (χ4v) is 3.20.